The fourth-order valence-electron chi connectivity index (χ4n) is 1.87. The molecule has 1 aromatic rings. The molecule has 1 aromatic carbocycles. The van der Waals surface area contributed by atoms with Crippen LogP contribution in [0.4, 0.5) is 0 Å². The van der Waals surface area contributed by atoms with E-state index in [4.69, 9.17) is 10.5 Å². The molecule has 2 atom stereocenters. The van der Waals surface area contributed by atoms with Crippen molar-refractivity contribution in [3.8, 4) is 0 Å². The van der Waals surface area contributed by atoms with E-state index >= 15 is 0 Å². The van der Waals surface area contributed by atoms with Gasteiger partial charge in [-0.05, 0) is 53.1 Å². The van der Waals surface area contributed by atoms with Crippen LogP contribution in [-0.2, 0) is 4.74 Å². The number of hydrogen-bond donors (Lipinski definition) is 1. The minimum absolute atomic E-state index is 0.121. The average molecular weight is 303 g/mol. The van der Waals surface area contributed by atoms with Gasteiger partial charge in [-0.25, -0.2) is 0 Å². The molecule has 76 valence electrons. The summed E-state index contributed by atoms with van der Waals surface area (Å²) in [7, 11) is 0. The molecule has 0 bridgehead atoms. The number of hydrogen-bond acceptors (Lipinski definition) is 2. The zero-order valence-electron chi connectivity index (χ0n) is 7.95. The van der Waals surface area contributed by atoms with Gasteiger partial charge in [0.2, 0.25) is 0 Å². The molecular weight excluding hydrogens is 289 g/mol. The van der Waals surface area contributed by atoms with Crippen LogP contribution in [0.5, 0.6) is 0 Å². The largest absolute Gasteiger partial charge is 0.363 e. The van der Waals surface area contributed by atoms with Crippen LogP contribution in [0.3, 0.4) is 0 Å². The lowest BCUT2D eigenvalue weighted by molar-refractivity contribution is 0.00372. The summed E-state index contributed by atoms with van der Waals surface area (Å²) in [5.74, 6) is 0.376. The van der Waals surface area contributed by atoms with E-state index < -0.39 is 0 Å². The average Bonchev–Trinajstić information content (AvgIpc) is 2.20. The summed E-state index contributed by atoms with van der Waals surface area (Å²) in [6, 6.07) is 8.55. The van der Waals surface area contributed by atoms with Crippen LogP contribution < -0.4 is 5.73 Å². The second kappa shape index (κ2) is 4.59. The number of ether oxygens (including phenoxy) is 1. The Balaban J connectivity index is 2.16. The molecule has 2 rings (SSSR count). The SMILES string of the molecule is NC1OCCCC1c1ccc(I)cc1. The number of rotatable bonds is 1. The van der Waals surface area contributed by atoms with Gasteiger partial charge in [0.1, 0.15) is 6.23 Å². The molecule has 2 N–H and O–H groups in total. The highest BCUT2D eigenvalue weighted by Crippen LogP contribution is 2.28. The molecule has 1 aliphatic heterocycles. The highest BCUT2D eigenvalue weighted by molar-refractivity contribution is 14.1. The van der Waals surface area contributed by atoms with Crippen molar-refractivity contribution in [3.63, 3.8) is 0 Å². The van der Waals surface area contributed by atoms with Crippen molar-refractivity contribution in [2.24, 2.45) is 5.73 Å². The maximum absolute atomic E-state index is 5.92. The third-order valence-corrected chi connectivity index (χ3v) is 3.38. The Hall–Kier alpha value is -0.130. The Bertz CT molecular complexity index is 299. The van der Waals surface area contributed by atoms with Crippen LogP contribution >= 0.6 is 22.6 Å². The smallest absolute Gasteiger partial charge is 0.112 e. The van der Waals surface area contributed by atoms with Gasteiger partial charge in [0, 0.05) is 16.1 Å². The monoisotopic (exact) mass is 303 g/mol. The predicted molar refractivity (Wildman–Crippen MR) is 65.1 cm³/mol. The van der Waals surface area contributed by atoms with E-state index in [0.717, 1.165) is 19.4 Å². The van der Waals surface area contributed by atoms with E-state index in [1.165, 1.54) is 9.13 Å². The highest BCUT2D eigenvalue weighted by atomic mass is 127. The van der Waals surface area contributed by atoms with Crippen LogP contribution in [0.2, 0.25) is 0 Å². The second-order valence-corrected chi connectivity index (χ2v) is 4.88. The predicted octanol–water partition coefficient (Wildman–Crippen LogP) is 2.47. The van der Waals surface area contributed by atoms with Crippen LogP contribution in [-0.4, -0.2) is 12.8 Å². The molecule has 2 unspecified atom stereocenters. The molecule has 1 saturated heterocycles. The summed E-state index contributed by atoms with van der Waals surface area (Å²) >= 11 is 2.31. The van der Waals surface area contributed by atoms with Gasteiger partial charge in [-0.15, -0.1) is 0 Å². The quantitative estimate of drug-likeness (QED) is 0.809. The fourth-order valence-corrected chi connectivity index (χ4v) is 2.23. The van der Waals surface area contributed by atoms with Crippen LogP contribution in [0.25, 0.3) is 0 Å². The Morgan fingerprint density at radius 3 is 2.64 bits per heavy atom. The summed E-state index contributed by atoms with van der Waals surface area (Å²) in [6.45, 7) is 0.808. The molecule has 2 nitrogen and oxygen atoms in total. The number of benzene rings is 1. The highest BCUT2D eigenvalue weighted by Gasteiger charge is 2.23. The van der Waals surface area contributed by atoms with Crippen molar-refractivity contribution in [2.45, 2.75) is 25.0 Å². The Kier molecular flexibility index (Phi) is 3.41. The summed E-state index contributed by atoms with van der Waals surface area (Å²) < 4.78 is 6.71. The number of halogens is 1. The lowest BCUT2D eigenvalue weighted by atomic mass is 9.91. The van der Waals surface area contributed by atoms with E-state index in [-0.39, 0.29) is 6.23 Å². The normalized spacial score (nSPS) is 27.6. The molecule has 14 heavy (non-hydrogen) atoms. The molecule has 1 heterocycles. The molecule has 0 spiro atoms. The van der Waals surface area contributed by atoms with E-state index in [0.29, 0.717) is 5.92 Å². The molecule has 1 aliphatic rings. The summed E-state index contributed by atoms with van der Waals surface area (Å²) in [5, 5.41) is 0. The molecule has 0 aliphatic carbocycles. The first-order valence-electron chi connectivity index (χ1n) is 4.90. The third-order valence-electron chi connectivity index (χ3n) is 2.66. The van der Waals surface area contributed by atoms with E-state index in [9.17, 15) is 0 Å². The van der Waals surface area contributed by atoms with Gasteiger partial charge in [-0.3, -0.25) is 0 Å². The first kappa shape index (κ1) is 10.4. The van der Waals surface area contributed by atoms with Crippen LogP contribution in [0.15, 0.2) is 24.3 Å². The van der Waals surface area contributed by atoms with Gasteiger partial charge in [0.05, 0.1) is 0 Å². The molecule has 0 amide bonds. The zero-order chi connectivity index (χ0) is 9.97. The first-order valence-corrected chi connectivity index (χ1v) is 5.98. The first-order chi connectivity index (χ1) is 6.77. The van der Waals surface area contributed by atoms with Gasteiger partial charge in [-0.1, -0.05) is 12.1 Å². The molecule has 0 saturated carbocycles. The van der Waals surface area contributed by atoms with Gasteiger partial charge >= 0.3 is 0 Å². The lowest BCUT2D eigenvalue weighted by Gasteiger charge is -2.29. The van der Waals surface area contributed by atoms with Gasteiger partial charge in [-0.2, -0.15) is 0 Å². The van der Waals surface area contributed by atoms with Gasteiger partial charge < -0.3 is 10.5 Å². The molecule has 3 heteroatoms. The van der Waals surface area contributed by atoms with Crippen molar-refractivity contribution >= 4 is 22.6 Å². The molecule has 0 radical (unpaired) electrons. The maximum Gasteiger partial charge on any atom is 0.112 e. The van der Waals surface area contributed by atoms with E-state index in [1.54, 1.807) is 0 Å². The minimum Gasteiger partial charge on any atom is -0.363 e. The van der Waals surface area contributed by atoms with Gasteiger partial charge in [0.15, 0.2) is 0 Å². The topological polar surface area (TPSA) is 35.2 Å². The maximum atomic E-state index is 5.92. The summed E-state index contributed by atoms with van der Waals surface area (Å²) in [5.41, 5.74) is 7.23. The van der Waals surface area contributed by atoms with Crippen molar-refractivity contribution in [1.29, 1.82) is 0 Å². The molecular formula is C11H14INO. The van der Waals surface area contributed by atoms with E-state index in [2.05, 4.69) is 46.9 Å². The fraction of sp³-hybridized carbons (Fsp3) is 0.455. The Labute approximate surface area is 98.0 Å². The van der Waals surface area contributed by atoms with Crippen LogP contribution in [0.1, 0.15) is 24.3 Å². The standard InChI is InChI=1S/C11H14INO/c12-9-5-3-8(4-6-9)10-2-1-7-14-11(10)13/h3-6,10-11H,1-2,7,13H2. The van der Waals surface area contributed by atoms with Crippen LogP contribution in [0, 0.1) is 3.57 Å². The van der Waals surface area contributed by atoms with Crippen molar-refractivity contribution in [3.05, 3.63) is 33.4 Å². The summed E-state index contributed by atoms with van der Waals surface area (Å²) in [4.78, 5) is 0. The lowest BCUT2D eigenvalue weighted by Crippen LogP contribution is -2.35. The number of nitrogens with two attached hydrogens (primary N) is 1. The van der Waals surface area contributed by atoms with Gasteiger partial charge in [0.25, 0.3) is 0 Å². The molecule has 1 fully saturated rings. The molecule has 0 aromatic heterocycles. The second-order valence-electron chi connectivity index (χ2n) is 3.64. The zero-order valence-corrected chi connectivity index (χ0v) is 10.1. The van der Waals surface area contributed by atoms with Crippen molar-refractivity contribution in [1.82, 2.24) is 0 Å². The van der Waals surface area contributed by atoms with Crippen molar-refractivity contribution in [2.75, 3.05) is 6.61 Å². The third kappa shape index (κ3) is 2.27. The van der Waals surface area contributed by atoms with Crippen molar-refractivity contribution < 1.29 is 4.74 Å². The Morgan fingerprint density at radius 2 is 2.00 bits per heavy atom. The van der Waals surface area contributed by atoms with E-state index in [1.807, 2.05) is 0 Å². The Morgan fingerprint density at radius 1 is 1.29 bits per heavy atom. The minimum atomic E-state index is -0.121. The summed E-state index contributed by atoms with van der Waals surface area (Å²) in [6.07, 6.45) is 2.13.